The summed E-state index contributed by atoms with van der Waals surface area (Å²) >= 11 is 0. The Hall–Kier alpha value is -1.36. The summed E-state index contributed by atoms with van der Waals surface area (Å²) in [5, 5.41) is 7.08. The van der Waals surface area contributed by atoms with Gasteiger partial charge < -0.3 is 10.6 Å². The zero-order valence-corrected chi connectivity index (χ0v) is 12.0. The highest BCUT2D eigenvalue weighted by Crippen LogP contribution is 2.39. The Kier molecular flexibility index (Phi) is 4.24. The quantitative estimate of drug-likeness (QED) is 0.821. The van der Waals surface area contributed by atoms with Crippen LogP contribution in [0.1, 0.15) is 55.2 Å². The van der Waals surface area contributed by atoms with Gasteiger partial charge in [-0.2, -0.15) is 5.10 Å². The molecular weight excluding hydrogens is 240 g/mol. The van der Waals surface area contributed by atoms with Crippen molar-refractivity contribution in [2.75, 3.05) is 13.6 Å². The maximum Gasteiger partial charge on any atom is 0.274 e. The van der Waals surface area contributed by atoms with Crippen LogP contribution in [0.15, 0.2) is 6.07 Å². The van der Waals surface area contributed by atoms with Crippen LogP contribution in [-0.2, 0) is 0 Å². The molecule has 106 valence electrons. The minimum atomic E-state index is -0.0286. The van der Waals surface area contributed by atoms with E-state index in [1.54, 1.807) is 11.9 Å². The molecule has 0 aliphatic heterocycles. The first-order chi connectivity index (χ1) is 8.99. The molecule has 0 spiro atoms. The van der Waals surface area contributed by atoms with Gasteiger partial charge in [0.15, 0.2) is 0 Å². The number of amides is 1. The first kappa shape index (κ1) is 14.1. The first-order valence-electron chi connectivity index (χ1n) is 7.05. The third-order valence-corrected chi connectivity index (χ3v) is 3.83. The maximum atomic E-state index is 12.2. The van der Waals surface area contributed by atoms with Crippen molar-refractivity contribution in [2.45, 2.75) is 45.1 Å². The summed E-state index contributed by atoms with van der Waals surface area (Å²) in [6.45, 7) is 4.87. The zero-order chi connectivity index (χ0) is 14.0. The molecule has 5 nitrogen and oxygen atoms in total. The van der Waals surface area contributed by atoms with Gasteiger partial charge in [0.1, 0.15) is 5.69 Å². The SMILES string of the molecule is CC(C)C(N)CCN(C)C(=O)c1cc(C2CC2)[nH]n1. The van der Waals surface area contributed by atoms with Crippen molar-refractivity contribution in [1.82, 2.24) is 15.1 Å². The molecule has 0 aromatic carbocycles. The van der Waals surface area contributed by atoms with E-state index < -0.39 is 0 Å². The lowest BCUT2D eigenvalue weighted by Gasteiger charge is -2.20. The van der Waals surface area contributed by atoms with Gasteiger partial charge in [0.25, 0.3) is 5.91 Å². The molecule has 1 saturated carbocycles. The number of carbonyl (C=O) groups is 1. The lowest BCUT2D eigenvalue weighted by Crippen LogP contribution is -2.34. The molecule has 1 heterocycles. The highest BCUT2D eigenvalue weighted by Gasteiger charge is 2.27. The minimum absolute atomic E-state index is 0.0286. The van der Waals surface area contributed by atoms with Gasteiger partial charge in [0.05, 0.1) is 0 Å². The number of H-pyrrole nitrogens is 1. The van der Waals surface area contributed by atoms with Crippen LogP contribution in [0, 0.1) is 5.92 Å². The summed E-state index contributed by atoms with van der Waals surface area (Å²) in [7, 11) is 1.81. The molecule has 1 aliphatic carbocycles. The average Bonchev–Trinajstić information content (AvgIpc) is 3.12. The van der Waals surface area contributed by atoms with Crippen molar-refractivity contribution in [3.63, 3.8) is 0 Å². The highest BCUT2D eigenvalue weighted by atomic mass is 16.2. The molecule has 1 atom stereocenters. The van der Waals surface area contributed by atoms with E-state index in [1.807, 2.05) is 6.07 Å². The van der Waals surface area contributed by atoms with Gasteiger partial charge in [-0.15, -0.1) is 0 Å². The van der Waals surface area contributed by atoms with Crippen LogP contribution in [0.25, 0.3) is 0 Å². The predicted octanol–water partition coefficient (Wildman–Crippen LogP) is 1.73. The fourth-order valence-electron chi connectivity index (χ4n) is 2.02. The van der Waals surface area contributed by atoms with Crippen LogP contribution < -0.4 is 5.73 Å². The van der Waals surface area contributed by atoms with E-state index in [0.29, 0.717) is 24.1 Å². The number of nitrogens with one attached hydrogen (secondary N) is 1. The van der Waals surface area contributed by atoms with Gasteiger partial charge in [-0.05, 0) is 31.2 Å². The van der Waals surface area contributed by atoms with Gasteiger partial charge in [-0.1, -0.05) is 13.8 Å². The number of aromatic nitrogens is 2. The molecule has 0 radical (unpaired) electrons. The molecule has 2 rings (SSSR count). The normalized spacial score (nSPS) is 16.7. The second-order valence-electron chi connectivity index (χ2n) is 5.91. The largest absolute Gasteiger partial charge is 0.340 e. The summed E-state index contributed by atoms with van der Waals surface area (Å²) in [5.74, 6) is 1.00. The maximum absolute atomic E-state index is 12.2. The van der Waals surface area contributed by atoms with Crippen LogP contribution in [0.2, 0.25) is 0 Å². The van der Waals surface area contributed by atoms with E-state index in [4.69, 9.17) is 5.73 Å². The van der Waals surface area contributed by atoms with Crippen molar-refractivity contribution < 1.29 is 4.79 Å². The van der Waals surface area contributed by atoms with E-state index in [9.17, 15) is 4.79 Å². The van der Waals surface area contributed by atoms with Gasteiger partial charge in [0, 0.05) is 31.2 Å². The topological polar surface area (TPSA) is 75.0 Å². The van der Waals surface area contributed by atoms with Crippen molar-refractivity contribution in [2.24, 2.45) is 11.7 Å². The number of hydrogen-bond donors (Lipinski definition) is 2. The van der Waals surface area contributed by atoms with Crippen molar-refractivity contribution in [3.8, 4) is 0 Å². The molecule has 1 aromatic heterocycles. The summed E-state index contributed by atoms with van der Waals surface area (Å²) in [6.07, 6.45) is 3.23. The molecular formula is C14H24N4O. The lowest BCUT2D eigenvalue weighted by molar-refractivity contribution is 0.0783. The summed E-state index contributed by atoms with van der Waals surface area (Å²) in [5.41, 5.74) is 7.61. The van der Waals surface area contributed by atoms with Crippen LogP contribution in [0.4, 0.5) is 0 Å². The molecule has 1 amide bonds. The monoisotopic (exact) mass is 264 g/mol. The summed E-state index contributed by atoms with van der Waals surface area (Å²) < 4.78 is 0. The Morgan fingerprint density at radius 3 is 2.84 bits per heavy atom. The van der Waals surface area contributed by atoms with Crippen LogP contribution in [0.3, 0.4) is 0 Å². The Morgan fingerprint density at radius 1 is 1.58 bits per heavy atom. The van der Waals surface area contributed by atoms with Crippen molar-refractivity contribution in [1.29, 1.82) is 0 Å². The third kappa shape index (κ3) is 3.56. The Labute approximate surface area is 114 Å². The summed E-state index contributed by atoms with van der Waals surface area (Å²) in [4.78, 5) is 13.9. The van der Waals surface area contributed by atoms with E-state index in [-0.39, 0.29) is 11.9 Å². The van der Waals surface area contributed by atoms with Crippen LogP contribution >= 0.6 is 0 Å². The Balaban J connectivity index is 1.87. The smallest absolute Gasteiger partial charge is 0.274 e. The van der Waals surface area contributed by atoms with Gasteiger partial charge in [-0.25, -0.2) is 0 Å². The number of rotatable bonds is 6. The van der Waals surface area contributed by atoms with Gasteiger partial charge in [-0.3, -0.25) is 9.89 Å². The Morgan fingerprint density at radius 2 is 2.26 bits per heavy atom. The average molecular weight is 264 g/mol. The van der Waals surface area contributed by atoms with Gasteiger partial charge >= 0.3 is 0 Å². The van der Waals surface area contributed by atoms with Crippen molar-refractivity contribution >= 4 is 5.91 Å². The third-order valence-electron chi connectivity index (χ3n) is 3.83. The lowest BCUT2D eigenvalue weighted by atomic mass is 10.0. The van der Waals surface area contributed by atoms with Crippen molar-refractivity contribution in [3.05, 3.63) is 17.5 Å². The second kappa shape index (κ2) is 5.74. The standard InChI is InChI=1S/C14H24N4O/c1-9(2)11(15)6-7-18(3)14(19)13-8-12(16-17-13)10-4-5-10/h8-11H,4-7,15H2,1-3H3,(H,16,17). The number of carbonyl (C=O) groups excluding carboxylic acids is 1. The molecule has 1 aliphatic rings. The number of nitrogens with two attached hydrogens (primary N) is 1. The van der Waals surface area contributed by atoms with Crippen LogP contribution in [0.5, 0.6) is 0 Å². The van der Waals surface area contributed by atoms with Gasteiger partial charge in [0.2, 0.25) is 0 Å². The molecule has 0 saturated heterocycles. The van der Waals surface area contributed by atoms with E-state index >= 15 is 0 Å². The minimum Gasteiger partial charge on any atom is -0.340 e. The first-order valence-corrected chi connectivity index (χ1v) is 7.05. The molecule has 3 N–H and O–H groups in total. The molecule has 5 heteroatoms. The number of nitrogens with zero attached hydrogens (tertiary/aromatic N) is 2. The van der Waals surface area contributed by atoms with E-state index in [0.717, 1.165) is 12.1 Å². The molecule has 1 aromatic rings. The van der Waals surface area contributed by atoms with E-state index in [2.05, 4.69) is 24.0 Å². The number of aromatic amines is 1. The number of hydrogen-bond acceptors (Lipinski definition) is 3. The predicted molar refractivity (Wildman–Crippen MR) is 75.0 cm³/mol. The van der Waals surface area contributed by atoms with Crippen LogP contribution in [-0.4, -0.2) is 40.6 Å². The highest BCUT2D eigenvalue weighted by molar-refractivity contribution is 5.92. The fourth-order valence-corrected chi connectivity index (χ4v) is 2.02. The summed E-state index contributed by atoms with van der Waals surface area (Å²) in [6, 6.07) is 2.02. The van der Waals surface area contributed by atoms with E-state index in [1.165, 1.54) is 12.8 Å². The molecule has 1 unspecified atom stereocenters. The fraction of sp³-hybridized carbons (Fsp3) is 0.714. The molecule has 19 heavy (non-hydrogen) atoms. The molecule has 0 bridgehead atoms. The zero-order valence-electron chi connectivity index (χ0n) is 12.0. The molecule has 1 fully saturated rings. The Bertz CT molecular complexity index is 436. The second-order valence-corrected chi connectivity index (χ2v) is 5.91.